The number of carbonyl (C=O) groups excluding carboxylic acids is 3. The van der Waals surface area contributed by atoms with Gasteiger partial charge < -0.3 is 15.4 Å². The van der Waals surface area contributed by atoms with E-state index in [0.717, 1.165) is 5.56 Å². The molecule has 2 unspecified atom stereocenters. The normalized spacial score (nSPS) is 20.6. The molecule has 2 aliphatic rings. The molecule has 2 N–H and O–H groups in total. The van der Waals surface area contributed by atoms with E-state index in [4.69, 9.17) is 10.5 Å². The third kappa shape index (κ3) is 5.04. The van der Waals surface area contributed by atoms with Crippen LogP contribution in [0.2, 0.25) is 0 Å². The summed E-state index contributed by atoms with van der Waals surface area (Å²) in [7, 11) is -3.74. The first kappa shape index (κ1) is 22.9. The number of carbonyl (C=O) groups is 3. The lowest BCUT2D eigenvalue weighted by Crippen LogP contribution is -2.43. The van der Waals surface area contributed by atoms with Gasteiger partial charge in [0.1, 0.15) is 11.8 Å². The number of sulfonamides is 1. The van der Waals surface area contributed by atoms with Gasteiger partial charge in [0.15, 0.2) is 5.78 Å². The number of amides is 2. The lowest BCUT2D eigenvalue weighted by molar-refractivity contribution is -0.133. The molecule has 11 heteroatoms. The lowest BCUT2D eigenvalue weighted by atomic mass is 10.1. The molecule has 0 spiro atoms. The predicted molar refractivity (Wildman–Crippen MR) is 117 cm³/mol. The van der Waals surface area contributed by atoms with Gasteiger partial charge in [0, 0.05) is 18.9 Å². The van der Waals surface area contributed by atoms with Crippen LogP contribution in [0.4, 0.5) is 4.79 Å². The summed E-state index contributed by atoms with van der Waals surface area (Å²) < 4.78 is 31.9. The van der Waals surface area contributed by atoms with E-state index in [0.29, 0.717) is 30.7 Å². The van der Waals surface area contributed by atoms with Crippen LogP contribution in [0.25, 0.3) is 0 Å². The first-order valence-electron chi connectivity index (χ1n) is 10.4. The van der Waals surface area contributed by atoms with Crippen LogP contribution >= 0.6 is 0 Å². The van der Waals surface area contributed by atoms with Crippen molar-refractivity contribution in [3.05, 3.63) is 66.3 Å². The average molecular weight is 472 g/mol. The molecule has 1 radical (unpaired) electrons. The van der Waals surface area contributed by atoms with E-state index in [2.05, 4.69) is 4.98 Å². The van der Waals surface area contributed by atoms with Gasteiger partial charge in [-0.05, 0) is 42.2 Å². The van der Waals surface area contributed by atoms with Crippen molar-refractivity contribution in [2.45, 2.75) is 30.7 Å². The van der Waals surface area contributed by atoms with Crippen molar-refractivity contribution in [3.8, 4) is 5.75 Å². The molecule has 2 amide bonds. The van der Waals surface area contributed by atoms with Crippen molar-refractivity contribution in [1.82, 2.24) is 14.2 Å². The van der Waals surface area contributed by atoms with Crippen molar-refractivity contribution >= 4 is 27.8 Å². The number of pyridine rings is 1. The minimum absolute atomic E-state index is 0.233. The second-order valence-corrected chi connectivity index (χ2v) is 9.86. The maximum Gasteiger partial charge on any atom is 0.409 e. The highest BCUT2D eigenvalue weighted by atomic mass is 32.2. The summed E-state index contributed by atoms with van der Waals surface area (Å²) >= 11 is 0. The third-order valence-corrected chi connectivity index (χ3v) is 7.56. The molecule has 173 valence electrons. The van der Waals surface area contributed by atoms with Crippen LogP contribution < -0.4 is 10.5 Å². The number of ether oxygens (including phenoxy) is 1. The van der Waals surface area contributed by atoms with Crippen LogP contribution in [-0.4, -0.2) is 65.6 Å². The Morgan fingerprint density at radius 3 is 2.61 bits per heavy atom. The lowest BCUT2D eigenvalue weighted by Gasteiger charge is -2.24. The Labute approximate surface area is 191 Å². The van der Waals surface area contributed by atoms with Crippen LogP contribution in [0.1, 0.15) is 17.5 Å². The number of hydrogen-bond acceptors (Lipinski definition) is 7. The summed E-state index contributed by atoms with van der Waals surface area (Å²) in [5.41, 5.74) is 6.31. The van der Waals surface area contributed by atoms with Crippen LogP contribution in [0.15, 0.2) is 48.8 Å². The summed E-state index contributed by atoms with van der Waals surface area (Å²) in [4.78, 5) is 41.7. The van der Waals surface area contributed by atoms with Gasteiger partial charge in [-0.2, -0.15) is 4.31 Å². The fourth-order valence-corrected chi connectivity index (χ4v) is 6.01. The number of primary amides is 1. The fraction of sp³-hybridized carbons (Fsp3) is 0.318. The fourth-order valence-electron chi connectivity index (χ4n) is 4.29. The first-order valence-corrected chi connectivity index (χ1v) is 12.0. The van der Waals surface area contributed by atoms with Gasteiger partial charge >= 0.3 is 6.09 Å². The Kier molecular flexibility index (Phi) is 6.43. The smallest absolute Gasteiger partial charge is 0.409 e. The summed E-state index contributed by atoms with van der Waals surface area (Å²) in [5.74, 6) is -0.543. The SMILES string of the molecule is NC(=O)Oc1ccc(C[CH]C(=O)N2CCC3C2C(=O)CN3S(=O)(=O)Cc2cccnc2)cc1. The molecule has 1 aromatic heterocycles. The van der Waals surface area contributed by atoms with Gasteiger partial charge in [-0.3, -0.25) is 14.6 Å². The summed E-state index contributed by atoms with van der Waals surface area (Å²) in [5, 5.41) is 0. The Hall–Kier alpha value is -3.31. The molecule has 0 bridgehead atoms. The Morgan fingerprint density at radius 2 is 1.94 bits per heavy atom. The van der Waals surface area contributed by atoms with Gasteiger partial charge in [-0.1, -0.05) is 18.2 Å². The van der Waals surface area contributed by atoms with E-state index in [-0.39, 0.29) is 24.0 Å². The summed E-state index contributed by atoms with van der Waals surface area (Å²) in [6, 6.07) is 8.53. The zero-order valence-electron chi connectivity index (χ0n) is 17.7. The maximum absolute atomic E-state index is 13.0. The zero-order chi connectivity index (χ0) is 23.6. The Bertz CT molecular complexity index is 1150. The largest absolute Gasteiger partial charge is 0.411 e. The molecule has 1 aromatic carbocycles. The van der Waals surface area contributed by atoms with Crippen molar-refractivity contribution in [2.24, 2.45) is 5.73 Å². The van der Waals surface area contributed by atoms with E-state index in [1.165, 1.54) is 21.8 Å². The molecule has 0 saturated carbocycles. The zero-order valence-corrected chi connectivity index (χ0v) is 18.5. The molecule has 2 aliphatic heterocycles. The summed E-state index contributed by atoms with van der Waals surface area (Å²) in [6.45, 7) is 0.0732. The van der Waals surface area contributed by atoms with Crippen LogP contribution in [-0.2, 0) is 31.8 Å². The number of likely N-dealkylation sites (tertiary alicyclic amines) is 1. The second kappa shape index (κ2) is 9.28. The summed E-state index contributed by atoms with van der Waals surface area (Å²) in [6.07, 6.45) is 4.31. The van der Waals surface area contributed by atoms with Gasteiger partial charge in [0.25, 0.3) is 0 Å². The monoisotopic (exact) mass is 471 g/mol. The highest BCUT2D eigenvalue weighted by Crippen LogP contribution is 2.33. The number of nitrogens with two attached hydrogens (primary N) is 1. The standard InChI is InChI=1S/C22H23N4O6S/c23-22(29)32-17-6-3-15(4-7-17)5-8-20(28)25-11-9-18-21(25)19(27)13-26(18)33(30,31)14-16-2-1-10-24-12-16/h1-4,6-8,10,12,18,21H,5,9,11,13-14H2,(H2,23,29). The minimum atomic E-state index is -3.74. The molecular formula is C22H23N4O6S. The van der Waals surface area contributed by atoms with E-state index < -0.39 is 28.2 Å². The molecule has 3 heterocycles. The van der Waals surface area contributed by atoms with Crippen LogP contribution in [0, 0.1) is 6.42 Å². The number of rotatable bonds is 7. The number of Topliss-reactive ketones (excluding diaryl/α,β-unsaturated/α-hetero) is 1. The van der Waals surface area contributed by atoms with E-state index in [1.54, 1.807) is 42.6 Å². The maximum atomic E-state index is 13.0. The number of aromatic nitrogens is 1. The van der Waals surface area contributed by atoms with Crippen LogP contribution in [0.3, 0.4) is 0 Å². The van der Waals surface area contributed by atoms with E-state index >= 15 is 0 Å². The Balaban J connectivity index is 1.38. The minimum Gasteiger partial charge on any atom is -0.411 e. The highest BCUT2D eigenvalue weighted by Gasteiger charge is 2.53. The van der Waals surface area contributed by atoms with Crippen molar-refractivity contribution in [2.75, 3.05) is 13.1 Å². The van der Waals surface area contributed by atoms with E-state index in [1.807, 2.05) is 0 Å². The molecule has 2 fully saturated rings. The van der Waals surface area contributed by atoms with Crippen molar-refractivity contribution in [3.63, 3.8) is 0 Å². The molecule has 0 aliphatic carbocycles. The van der Waals surface area contributed by atoms with Gasteiger partial charge in [0.05, 0.1) is 24.8 Å². The number of nitrogens with zero attached hydrogens (tertiary/aromatic N) is 3. The molecule has 10 nitrogen and oxygen atoms in total. The third-order valence-electron chi connectivity index (χ3n) is 5.74. The molecule has 33 heavy (non-hydrogen) atoms. The second-order valence-electron chi connectivity index (χ2n) is 7.93. The quantitative estimate of drug-likeness (QED) is 0.626. The van der Waals surface area contributed by atoms with Crippen molar-refractivity contribution in [1.29, 1.82) is 0 Å². The molecule has 4 rings (SSSR count). The van der Waals surface area contributed by atoms with Gasteiger partial charge in [-0.25, -0.2) is 13.2 Å². The number of ketones is 1. The van der Waals surface area contributed by atoms with Crippen LogP contribution in [0.5, 0.6) is 5.75 Å². The van der Waals surface area contributed by atoms with Crippen molar-refractivity contribution < 1.29 is 27.5 Å². The number of hydrogen-bond donors (Lipinski definition) is 1. The highest BCUT2D eigenvalue weighted by molar-refractivity contribution is 7.88. The van der Waals surface area contributed by atoms with Gasteiger partial charge in [-0.15, -0.1) is 0 Å². The molecule has 2 atom stereocenters. The Morgan fingerprint density at radius 1 is 1.18 bits per heavy atom. The first-order chi connectivity index (χ1) is 15.7. The average Bonchev–Trinajstić information content (AvgIpc) is 3.35. The van der Waals surface area contributed by atoms with E-state index in [9.17, 15) is 22.8 Å². The van der Waals surface area contributed by atoms with Gasteiger partial charge in [0.2, 0.25) is 15.9 Å². The predicted octanol–water partition coefficient (Wildman–Crippen LogP) is 0.670. The number of benzene rings is 1. The molecule has 2 aromatic rings. The number of fused-ring (bicyclic) bond motifs is 1. The topological polar surface area (TPSA) is 140 Å². The molecular weight excluding hydrogens is 448 g/mol. The molecule has 2 saturated heterocycles.